The van der Waals surface area contributed by atoms with Crippen LogP contribution in [0.4, 0.5) is 0 Å². The Kier molecular flexibility index (Phi) is 4.28. The summed E-state index contributed by atoms with van der Waals surface area (Å²) in [5, 5.41) is 0. The number of nitrogens with zero attached hydrogens (tertiary/aromatic N) is 2. The molecule has 1 aromatic rings. The van der Waals surface area contributed by atoms with Gasteiger partial charge in [0, 0.05) is 44.7 Å². The van der Waals surface area contributed by atoms with Crippen LogP contribution in [0, 0.1) is 5.92 Å². The first-order valence-electron chi connectivity index (χ1n) is 7.30. The maximum absolute atomic E-state index is 11.7. The fraction of sp³-hybridized carbons (Fsp3) is 0.667. The molecule has 21 heavy (non-hydrogen) atoms. The van der Waals surface area contributed by atoms with E-state index in [9.17, 15) is 4.79 Å². The summed E-state index contributed by atoms with van der Waals surface area (Å²) >= 11 is 0. The number of carbonyl (C=O) groups is 1. The van der Waals surface area contributed by atoms with E-state index < -0.39 is 0 Å². The minimum absolute atomic E-state index is 0.00116. The van der Waals surface area contributed by atoms with Gasteiger partial charge in [0.2, 0.25) is 5.91 Å². The molecule has 3 heterocycles. The Bertz CT molecular complexity index is 474. The Hall–Kier alpha value is -1.37. The van der Waals surface area contributed by atoms with E-state index in [-0.39, 0.29) is 18.6 Å². The molecule has 0 aromatic carbocycles. The minimum Gasteiger partial charge on any atom is -0.472 e. The second kappa shape index (κ2) is 6.17. The number of fused-ring (bicyclic) bond motifs is 1. The van der Waals surface area contributed by atoms with E-state index in [2.05, 4.69) is 4.90 Å². The van der Waals surface area contributed by atoms with Crippen molar-refractivity contribution in [3.63, 3.8) is 0 Å². The van der Waals surface area contributed by atoms with Gasteiger partial charge in [0.25, 0.3) is 0 Å². The van der Waals surface area contributed by atoms with Crippen molar-refractivity contribution in [3.05, 3.63) is 24.2 Å². The minimum atomic E-state index is -0.00116. The monoisotopic (exact) mass is 294 g/mol. The van der Waals surface area contributed by atoms with E-state index in [4.69, 9.17) is 13.9 Å². The zero-order valence-corrected chi connectivity index (χ0v) is 12.5. The lowest BCUT2D eigenvalue weighted by molar-refractivity contribution is -0.136. The van der Waals surface area contributed by atoms with Crippen molar-refractivity contribution < 1.29 is 18.7 Å². The first-order valence-corrected chi connectivity index (χ1v) is 7.30. The van der Waals surface area contributed by atoms with Crippen LogP contribution in [-0.2, 0) is 20.8 Å². The van der Waals surface area contributed by atoms with Crippen molar-refractivity contribution in [2.45, 2.75) is 18.7 Å². The molecule has 0 aliphatic carbocycles. The van der Waals surface area contributed by atoms with E-state index in [0.717, 1.165) is 25.3 Å². The summed E-state index contributed by atoms with van der Waals surface area (Å²) in [5.74, 6) is 0.352. The fourth-order valence-electron chi connectivity index (χ4n) is 3.08. The summed E-state index contributed by atoms with van der Waals surface area (Å²) in [6, 6.07) is 2.36. The van der Waals surface area contributed by atoms with Crippen LogP contribution in [0.5, 0.6) is 0 Å². The van der Waals surface area contributed by atoms with Gasteiger partial charge in [-0.3, -0.25) is 9.69 Å². The van der Waals surface area contributed by atoms with Crippen LogP contribution < -0.4 is 0 Å². The molecule has 6 heteroatoms. The Balaban J connectivity index is 1.59. The third-order valence-corrected chi connectivity index (χ3v) is 4.34. The van der Waals surface area contributed by atoms with E-state index in [0.29, 0.717) is 18.6 Å². The van der Waals surface area contributed by atoms with Crippen molar-refractivity contribution in [3.8, 4) is 0 Å². The number of hydrogen-bond donors (Lipinski definition) is 0. The molecule has 6 nitrogen and oxygen atoms in total. The van der Waals surface area contributed by atoms with Crippen molar-refractivity contribution in [2.24, 2.45) is 5.92 Å². The number of amides is 1. The molecule has 116 valence electrons. The van der Waals surface area contributed by atoms with Crippen LogP contribution in [0.2, 0.25) is 0 Å². The van der Waals surface area contributed by atoms with Gasteiger partial charge >= 0.3 is 0 Å². The first-order chi connectivity index (χ1) is 10.1. The van der Waals surface area contributed by atoms with Gasteiger partial charge in [-0.15, -0.1) is 0 Å². The second-order valence-corrected chi connectivity index (χ2v) is 5.97. The number of ether oxygens (including phenoxy) is 2. The normalized spacial score (nSPS) is 28.8. The Morgan fingerprint density at radius 1 is 1.48 bits per heavy atom. The zero-order valence-electron chi connectivity index (χ0n) is 12.5. The molecule has 1 aromatic heterocycles. The summed E-state index contributed by atoms with van der Waals surface area (Å²) in [6.45, 7) is 3.27. The molecule has 2 aliphatic rings. The predicted molar refractivity (Wildman–Crippen MR) is 75.6 cm³/mol. The standard InChI is InChI=1S/C15H22N2O4/c1-16(2)15(18)10-21-14-6-17(5-11-3-4-19-7-11)13-9-20-8-12(13)14/h3-4,7,12-14H,5-6,8-10H2,1-2H3/t12-,13+,14-/m0/s1. The molecule has 1 amide bonds. The van der Waals surface area contributed by atoms with Crippen LogP contribution in [0.15, 0.2) is 23.0 Å². The largest absolute Gasteiger partial charge is 0.472 e. The van der Waals surface area contributed by atoms with E-state index in [1.54, 1.807) is 31.5 Å². The number of likely N-dealkylation sites (N-methyl/N-ethyl adjacent to an activating group) is 1. The molecule has 2 aliphatic heterocycles. The molecule has 0 saturated carbocycles. The molecule has 3 rings (SSSR count). The van der Waals surface area contributed by atoms with Gasteiger partial charge in [0.15, 0.2) is 0 Å². The zero-order chi connectivity index (χ0) is 14.8. The molecular formula is C15H22N2O4. The lowest BCUT2D eigenvalue weighted by atomic mass is 10.0. The topological polar surface area (TPSA) is 55.2 Å². The lowest BCUT2D eigenvalue weighted by Gasteiger charge is -2.21. The molecule has 2 saturated heterocycles. The number of furan rings is 1. The average molecular weight is 294 g/mol. The fourth-order valence-corrected chi connectivity index (χ4v) is 3.08. The molecule has 0 N–H and O–H groups in total. The SMILES string of the molecule is CN(C)C(=O)CO[C@H]1CN(Cc2ccoc2)[C@@H]2COC[C@H]12. The third kappa shape index (κ3) is 3.12. The van der Waals surface area contributed by atoms with Crippen LogP contribution in [-0.4, -0.2) is 68.3 Å². The van der Waals surface area contributed by atoms with Crippen molar-refractivity contribution >= 4 is 5.91 Å². The molecule has 0 unspecified atom stereocenters. The molecule has 2 fully saturated rings. The van der Waals surface area contributed by atoms with Crippen LogP contribution in [0.1, 0.15) is 5.56 Å². The number of likely N-dealkylation sites (tertiary alicyclic amines) is 1. The molecule has 3 atom stereocenters. The first kappa shape index (κ1) is 14.6. The summed E-state index contributed by atoms with van der Waals surface area (Å²) in [4.78, 5) is 15.6. The highest BCUT2D eigenvalue weighted by molar-refractivity contribution is 5.76. The smallest absolute Gasteiger partial charge is 0.248 e. The highest BCUT2D eigenvalue weighted by atomic mass is 16.5. The van der Waals surface area contributed by atoms with E-state index >= 15 is 0 Å². The van der Waals surface area contributed by atoms with Crippen LogP contribution in [0.25, 0.3) is 0 Å². The summed E-state index contributed by atoms with van der Waals surface area (Å²) in [7, 11) is 3.49. The highest BCUT2D eigenvalue weighted by Gasteiger charge is 2.46. The highest BCUT2D eigenvalue weighted by Crippen LogP contribution is 2.33. The third-order valence-electron chi connectivity index (χ3n) is 4.34. The van der Waals surface area contributed by atoms with Crippen molar-refractivity contribution in [2.75, 3.05) is 40.5 Å². The van der Waals surface area contributed by atoms with Gasteiger partial charge in [-0.25, -0.2) is 0 Å². The van der Waals surface area contributed by atoms with Gasteiger partial charge in [0.1, 0.15) is 6.61 Å². The summed E-state index contributed by atoms with van der Waals surface area (Å²) < 4.78 is 16.6. The van der Waals surface area contributed by atoms with Gasteiger partial charge in [-0.05, 0) is 6.07 Å². The maximum atomic E-state index is 11.7. The average Bonchev–Trinajstić information content (AvgIpc) is 3.15. The lowest BCUT2D eigenvalue weighted by Crippen LogP contribution is -2.32. The summed E-state index contributed by atoms with van der Waals surface area (Å²) in [6.07, 6.45) is 3.53. The van der Waals surface area contributed by atoms with E-state index in [1.165, 1.54) is 0 Å². The molecule has 0 bridgehead atoms. The van der Waals surface area contributed by atoms with Crippen LogP contribution in [0.3, 0.4) is 0 Å². The van der Waals surface area contributed by atoms with Crippen molar-refractivity contribution in [1.82, 2.24) is 9.80 Å². The van der Waals surface area contributed by atoms with Gasteiger partial charge in [-0.1, -0.05) is 0 Å². The Morgan fingerprint density at radius 2 is 2.33 bits per heavy atom. The number of hydrogen-bond acceptors (Lipinski definition) is 5. The quantitative estimate of drug-likeness (QED) is 0.795. The van der Waals surface area contributed by atoms with Gasteiger partial charge in [0.05, 0.1) is 31.8 Å². The number of rotatable bonds is 5. The number of carbonyl (C=O) groups excluding carboxylic acids is 1. The predicted octanol–water partition coefficient (Wildman–Crippen LogP) is 0.584. The maximum Gasteiger partial charge on any atom is 0.248 e. The summed E-state index contributed by atoms with van der Waals surface area (Å²) in [5.41, 5.74) is 1.16. The van der Waals surface area contributed by atoms with Crippen molar-refractivity contribution in [1.29, 1.82) is 0 Å². The molecule has 0 spiro atoms. The molecule has 0 radical (unpaired) electrons. The van der Waals surface area contributed by atoms with Gasteiger partial charge in [-0.2, -0.15) is 0 Å². The second-order valence-electron chi connectivity index (χ2n) is 5.97. The van der Waals surface area contributed by atoms with Gasteiger partial charge < -0.3 is 18.8 Å². The van der Waals surface area contributed by atoms with Crippen LogP contribution >= 0.6 is 0 Å². The van der Waals surface area contributed by atoms with E-state index in [1.807, 2.05) is 6.07 Å². The Morgan fingerprint density at radius 3 is 3.05 bits per heavy atom. The Labute approximate surface area is 124 Å². The molecular weight excluding hydrogens is 272 g/mol.